The van der Waals surface area contributed by atoms with Crippen molar-refractivity contribution in [1.82, 2.24) is 4.57 Å². The summed E-state index contributed by atoms with van der Waals surface area (Å²) in [6.07, 6.45) is 3.08. The number of thiazole rings is 1. The fraction of sp³-hybridized carbons (Fsp3) is 0.286. The first-order chi connectivity index (χ1) is 22.3. The monoisotopic (exact) mass is 708 g/mol. The fourth-order valence-electron chi connectivity index (χ4n) is 5.18. The van der Waals surface area contributed by atoms with Gasteiger partial charge in [-0.2, -0.15) is 0 Å². The first-order valence-corrected chi connectivity index (χ1v) is 16.6. The molecule has 240 valence electrons. The summed E-state index contributed by atoms with van der Waals surface area (Å²) in [5.74, 6) is 0.857. The van der Waals surface area contributed by atoms with Crippen LogP contribution in [0.4, 0.5) is 4.39 Å². The van der Waals surface area contributed by atoms with Crippen molar-refractivity contribution in [1.29, 1.82) is 0 Å². The molecular weight excluding hydrogens is 675 g/mol. The molecule has 0 bridgehead atoms. The molecule has 0 radical (unpaired) electrons. The van der Waals surface area contributed by atoms with Crippen molar-refractivity contribution in [3.05, 3.63) is 119 Å². The van der Waals surface area contributed by atoms with Crippen molar-refractivity contribution in [2.75, 3.05) is 20.3 Å². The SMILES string of the molecule is CCCC1=C(C(=O)OCC)[C@H](c2ccc(OC)c(Br)c2)n2c(s/c(=C\c3ccc(OCc4ccc(F)cc4)c(OCC)c3)c2=O)=N1. The molecule has 0 saturated heterocycles. The van der Waals surface area contributed by atoms with E-state index in [1.165, 1.54) is 23.5 Å². The van der Waals surface area contributed by atoms with E-state index in [-0.39, 0.29) is 24.6 Å². The van der Waals surface area contributed by atoms with Gasteiger partial charge in [-0.05, 0) is 95.4 Å². The molecule has 0 amide bonds. The van der Waals surface area contributed by atoms with Gasteiger partial charge in [0.05, 0.1) is 46.6 Å². The third-order valence-electron chi connectivity index (χ3n) is 7.26. The molecule has 5 rings (SSSR count). The number of esters is 1. The lowest BCUT2D eigenvalue weighted by Gasteiger charge is -2.26. The molecule has 0 N–H and O–H groups in total. The summed E-state index contributed by atoms with van der Waals surface area (Å²) in [7, 11) is 1.58. The number of benzene rings is 3. The molecule has 2 heterocycles. The van der Waals surface area contributed by atoms with E-state index in [2.05, 4.69) is 15.9 Å². The Balaban J connectivity index is 1.60. The Hall–Kier alpha value is -4.22. The number of hydrogen-bond acceptors (Lipinski definition) is 8. The second-order valence-electron chi connectivity index (χ2n) is 10.4. The minimum absolute atomic E-state index is 0.191. The molecule has 1 aromatic heterocycles. The van der Waals surface area contributed by atoms with Crippen LogP contribution in [-0.2, 0) is 16.1 Å². The lowest BCUT2D eigenvalue weighted by Crippen LogP contribution is -2.40. The molecule has 0 unspecified atom stereocenters. The van der Waals surface area contributed by atoms with E-state index in [0.717, 1.165) is 17.5 Å². The van der Waals surface area contributed by atoms with E-state index in [1.807, 2.05) is 38.1 Å². The molecule has 3 aromatic carbocycles. The number of carbonyl (C=O) groups is 1. The smallest absolute Gasteiger partial charge is 0.338 e. The van der Waals surface area contributed by atoms with Crippen molar-refractivity contribution in [2.45, 2.75) is 46.3 Å². The molecule has 46 heavy (non-hydrogen) atoms. The first-order valence-electron chi connectivity index (χ1n) is 15.0. The summed E-state index contributed by atoms with van der Waals surface area (Å²) in [5.41, 5.74) is 2.93. The normalized spacial score (nSPS) is 14.5. The van der Waals surface area contributed by atoms with Crippen molar-refractivity contribution in [3.8, 4) is 17.2 Å². The van der Waals surface area contributed by atoms with Gasteiger partial charge in [0.1, 0.15) is 18.2 Å². The number of rotatable bonds is 12. The molecule has 1 aliphatic rings. The van der Waals surface area contributed by atoms with E-state index in [1.54, 1.807) is 48.9 Å². The van der Waals surface area contributed by atoms with Crippen LogP contribution in [0.25, 0.3) is 6.08 Å². The van der Waals surface area contributed by atoms with Gasteiger partial charge in [0.15, 0.2) is 16.3 Å². The van der Waals surface area contributed by atoms with Gasteiger partial charge in [-0.3, -0.25) is 9.36 Å². The molecule has 1 aliphatic heterocycles. The Morgan fingerprint density at radius 2 is 1.76 bits per heavy atom. The number of allylic oxidation sites excluding steroid dienone is 1. The zero-order valence-electron chi connectivity index (χ0n) is 26.0. The van der Waals surface area contributed by atoms with Crippen molar-refractivity contribution >= 4 is 39.3 Å². The molecular formula is C35H34BrFN2O6S. The van der Waals surface area contributed by atoms with Crippen LogP contribution in [0.5, 0.6) is 17.2 Å². The zero-order valence-corrected chi connectivity index (χ0v) is 28.4. The van der Waals surface area contributed by atoms with Crippen molar-refractivity contribution < 1.29 is 28.1 Å². The van der Waals surface area contributed by atoms with Crippen LogP contribution in [-0.4, -0.2) is 30.9 Å². The fourth-order valence-corrected chi connectivity index (χ4v) is 6.76. The predicted octanol–water partition coefficient (Wildman–Crippen LogP) is 6.47. The van der Waals surface area contributed by atoms with Crippen LogP contribution in [0.1, 0.15) is 56.3 Å². The Bertz CT molecular complexity index is 1950. The number of aromatic nitrogens is 1. The molecule has 11 heteroatoms. The van der Waals surface area contributed by atoms with Gasteiger partial charge in [-0.25, -0.2) is 14.2 Å². The van der Waals surface area contributed by atoms with Crippen LogP contribution >= 0.6 is 27.3 Å². The molecule has 0 fully saturated rings. The third kappa shape index (κ3) is 7.10. The lowest BCUT2D eigenvalue weighted by atomic mass is 9.94. The van der Waals surface area contributed by atoms with Gasteiger partial charge < -0.3 is 18.9 Å². The number of hydrogen-bond donors (Lipinski definition) is 0. The number of nitrogens with zero attached hydrogens (tertiary/aromatic N) is 2. The second kappa shape index (κ2) is 14.9. The number of fused-ring (bicyclic) bond motifs is 1. The van der Waals surface area contributed by atoms with Crippen LogP contribution in [0, 0.1) is 5.82 Å². The maximum Gasteiger partial charge on any atom is 0.338 e. The average molecular weight is 710 g/mol. The number of ether oxygens (including phenoxy) is 4. The van der Waals surface area contributed by atoms with Gasteiger partial charge in [-0.1, -0.05) is 48.9 Å². The third-order valence-corrected chi connectivity index (χ3v) is 8.86. The molecule has 8 nitrogen and oxygen atoms in total. The molecule has 0 saturated carbocycles. The highest BCUT2D eigenvalue weighted by molar-refractivity contribution is 9.10. The van der Waals surface area contributed by atoms with Gasteiger partial charge in [0.25, 0.3) is 5.56 Å². The van der Waals surface area contributed by atoms with Crippen molar-refractivity contribution in [2.24, 2.45) is 4.99 Å². The molecule has 0 aliphatic carbocycles. The maximum absolute atomic E-state index is 14.1. The number of halogens is 2. The largest absolute Gasteiger partial charge is 0.496 e. The van der Waals surface area contributed by atoms with Crippen LogP contribution in [0.3, 0.4) is 0 Å². The summed E-state index contributed by atoms with van der Waals surface area (Å²) in [6, 6.07) is 16.3. The van der Waals surface area contributed by atoms with E-state index in [0.29, 0.717) is 60.9 Å². The Kier molecular flexibility index (Phi) is 10.7. The molecule has 1 atom stereocenters. The Labute approximate surface area is 278 Å². The van der Waals surface area contributed by atoms with E-state index in [4.69, 9.17) is 23.9 Å². The van der Waals surface area contributed by atoms with Crippen LogP contribution in [0.2, 0.25) is 0 Å². The van der Waals surface area contributed by atoms with Crippen molar-refractivity contribution in [3.63, 3.8) is 0 Å². The first kappa shape index (κ1) is 33.2. The van der Waals surface area contributed by atoms with Gasteiger partial charge in [0, 0.05) is 0 Å². The summed E-state index contributed by atoms with van der Waals surface area (Å²) < 4.78 is 38.8. The average Bonchev–Trinajstić information content (AvgIpc) is 3.35. The predicted molar refractivity (Wildman–Crippen MR) is 179 cm³/mol. The number of carbonyl (C=O) groups excluding carboxylic acids is 1. The van der Waals surface area contributed by atoms with E-state index < -0.39 is 12.0 Å². The summed E-state index contributed by atoms with van der Waals surface area (Å²) in [6.45, 7) is 6.48. The standard InChI is InChI=1S/C35H34BrFN2O6S/c1-5-8-26-31(34(41)44-7-3)32(23-12-16-27(42-4)25(36)19-23)39-33(40)30(46-35(39)38-26)18-22-11-15-28(29(17-22)43-6-2)45-20-21-9-13-24(37)14-10-21/h9-19,32H,5-8,20H2,1-4H3/b30-18-/t32-/m0/s1. The van der Waals surface area contributed by atoms with Crippen LogP contribution < -0.4 is 29.1 Å². The summed E-state index contributed by atoms with van der Waals surface area (Å²) in [5, 5.41) is 0. The zero-order chi connectivity index (χ0) is 32.8. The Morgan fingerprint density at radius 1 is 1.00 bits per heavy atom. The van der Waals surface area contributed by atoms with Crippen LogP contribution in [0.15, 0.2) is 86.2 Å². The highest BCUT2D eigenvalue weighted by atomic mass is 79.9. The topological polar surface area (TPSA) is 88.4 Å². The maximum atomic E-state index is 14.1. The quantitative estimate of drug-likeness (QED) is 0.157. The Morgan fingerprint density at radius 3 is 2.43 bits per heavy atom. The lowest BCUT2D eigenvalue weighted by molar-refractivity contribution is -0.139. The minimum Gasteiger partial charge on any atom is -0.496 e. The van der Waals surface area contributed by atoms with Gasteiger partial charge in [-0.15, -0.1) is 0 Å². The van der Waals surface area contributed by atoms with Gasteiger partial charge >= 0.3 is 5.97 Å². The summed E-state index contributed by atoms with van der Waals surface area (Å²) in [4.78, 5) is 32.9. The molecule has 0 spiro atoms. The molecule has 4 aromatic rings. The summed E-state index contributed by atoms with van der Waals surface area (Å²) >= 11 is 4.82. The minimum atomic E-state index is -0.748. The highest BCUT2D eigenvalue weighted by Crippen LogP contribution is 2.36. The van der Waals surface area contributed by atoms with E-state index >= 15 is 0 Å². The van der Waals surface area contributed by atoms with Gasteiger partial charge in [0.2, 0.25) is 0 Å². The van der Waals surface area contributed by atoms with E-state index in [9.17, 15) is 14.0 Å². The highest BCUT2D eigenvalue weighted by Gasteiger charge is 2.34. The second-order valence-corrected chi connectivity index (χ2v) is 12.2. The number of methoxy groups -OCH3 is 1.